The molecule has 0 atom stereocenters. The molecule has 0 spiro atoms. The van der Waals surface area contributed by atoms with Gasteiger partial charge in [-0.05, 0) is 31.7 Å². The van der Waals surface area contributed by atoms with Crippen LogP contribution < -0.4 is 0 Å². The Balaban J connectivity index is 1.40. The zero-order valence-electron chi connectivity index (χ0n) is 17.6. The lowest BCUT2D eigenvalue weighted by molar-refractivity contribution is -0.142. The Kier molecular flexibility index (Phi) is 6.50. The minimum atomic E-state index is -4.54. The highest BCUT2D eigenvalue weighted by atomic mass is 19.4. The molecule has 0 bridgehead atoms. The third-order valence-corrected chi connectivity index (χ3v) is 6.21. The maximum atomic E-state index is 13.9. The van der Waals surface area contributed by atoms with Gasteiger partial charge < -0.3 is 4.90 Å². The summed E-state index contributed by atoms with van der Waals surface area (Å²) in [6.45, 7) is 1.67. The van der Waals surface area contributed by atoms with E-state index in [4.69, 9.17) is 0 Å². The molecule has 0 unspecified atom stereocenters. The molecule has 2 aliphatic rings. The molecular weight excluding hydrogens is 431 g/mol. The minimum Gasteiger partial charge on any atom is -0.339 e. The number of fused-ring (bicyclic) bond motifs is 1. The molecule has 174 valence electrons. The van der Waals surface area contributed by atoms with Crippen LogP contribution in [0.15, 0.2) is 18.2 Å². The van der Waals surface area contributed by atoms with Gasteiger partial charge >= 0.3 is 6.18 Å². The number of carbonyl (C=O) groups excluding carboxylic acids is 1. The van der Waals surface area contributed by atoms with E-state index < -0.39 is 23.5 Å². The highest BCUT2D eigenvalue weighted by Gasteiger charge is 2.39. The quantitative estimate of drug-likeness (QED) is 0.519. The van der Waals surface area contributed by atoms with E-state index in [9.17, 15) is 26.7 Å². The Hall–Kier alpha value is -2.49. The van der Waals surface area contributed by atoms with Gasteiger partial charge in [0.05, 0.1) is 0 Å². The van der Waals surface area contributed by atoms with E-state index >= 15 is 0 Å². The van der Waals surface area contributed by atoms with Crippen LogP contribution in [0.2, 0.25) is 0 Å². The van der Waals surface area contributed by atoms with Gasteiger partial charge in [-0.1, -0.05) is 18.6 Å². The number of benzene rings is 1. The molecule has 5 nitrogen and oxygen atoms in total. The van der Waals surface area contributed by atoms with Crippen molar-refractivity contribution in [3.05, 3.63) is 52.3 Å². The topological polar surface area (TPSA) is 41.4 Å². The molecule has 0 saturated carbocycles. The SMILES string of the molecule is O=C(Cn1nc(C(F)(F)F)c2c1CCCCC2)N1CCN(Cc2cccc(F)c2F)CC1. The molecule has 1 fully saturated rings. The minimum absolute atomic E-state index is 0.225. The van der Waals surface area contributed by atoms with Gasteiger partial charge in [0.15, 0.2) is 17.3 Å². The van der Waals surface area contributed by atoms with Crippen molar-refractivity contribution in [2.45, 2.75) is 51.4 Å². The molecule has 0 radical (unpaired) electrons. The maximum Gasteiger partial charge on any atom is 0.435 e. The summed E-state index contributed by atoms with van der Waals surface area (Å²) in [7, 11) is 0. The van der Waals surface area contributed by atoms with Crippen molar-refractivity contribution in [3.63, 3.8) is 0 Å². The molecule has 1 aromatic carbocycles. The third kappa shape index (κ3) is 4.79. The van der Waals surface area contributed by atoms with Gasteiger partial charge in [-0.15, -0.1) is 0 Å². The number of hydrogen-bond donors (Lipinski definition) is 0. The lowest BCUT2D eigenvalue weighted by atomic mass is 10.1. The zero-order chi connectivity index (χ0) is 22.9. The van der Waals surface area contributed by atoms with Crippen LogP contribution in [-0.4, -0.2) is 51.7 Å². The summed E-state index contributed by atoms with van der Waals surface area (Å²) in [4.78, 5) is 16.3. The molecule has 10 heteroatoms. The number of carbonyl (C=O) groups is 1. The van der Waals surface area contributed by atoms with Crippen LogP contribution in [0.3, 0.4) is 0 Å². The highest BCUT2D eigenvalue weighted by Crippen LogP contribution is 2.35. The fourth-order valence-electron chi connectivity index (χ4n) is 4.50. The second-order valence-electron chi connectivity index (χ2n) is 8.36. The molecule has 2 aromatic rings. The highest BCUT2D eigenvalue weighted by molar-refractivity contribution is 5.76. The van der Waals surface area contributed by atoms with Crippen LogP contribution in [0.5, 0.6) is 0 Å². The fraction of sp³-hybridized carbons (Fsp3) is 0.545. The van der Waals surface area contributed by atoms with Crippen molar-refractivity contribution in [1.82, 2.24) is 19.6 Å². The van der Waals surface area contributed by atoms with Crippen molar-refractivity contribution in [2.75, 3.05) is 26.2 Å². The summed E-state index contributed by atoms with van der Waals surface area (Å²) >= 11 is 0. The summed E-state index contributed by atoms with van der Waals surface area (Å²) in [5.74, 6) is -2.05. The smallest absolute Gasteiger partial charge is 0.339 e. The van der Waals surface area contributed by atoms with Crippen LogP contribution in [0.4, 0.5) is 22.0 Å². The lowest BCUT2D eigenvalue weighted by Gasteiger charge is -2.35. The van der Waals surface area contributed by atoms with E-state index in [2.05, 4.69) is 5.10 Å². The average molecular weight is 456 g/mol. The Morgan fingerprint density at radius 3 is 2.44 bits per heavy atom. The van der Waals surface area contributed by atoms with E-state index in [1.54, 1.807) is 4.90 Å². The van der Waals surface area contributed by atoms with Crippen LogP contribution in [0.25, 0.3) is 0 Å². The van der Waals surface area contributed by atoms with E-state index in [1.165, 1.54) is 16.8 Å². The van der Waals surface area contributed by atoms with Crippen molar-refractivity contribution >= 4 is 5.91 Å². The Morgan fingerprint density at radius 1 is 1.00 bits per heavy atom. The molecule has 0 N–H and O–H groups in total. The summed E-state index contributed by atoms with van der Waals surface area (Å²) in [6, 6.07) is 4.04. The number of piperazine rings is 1. The number of halogens is 5. The van der Waals surface area contributed by atoms with Crippen molar-refractivity contribution in [2.24, 2.45) is 0 Å². The van der Waals surface area contributed by atoms with Crippen molar-refractivity contribution < 1.29 is 26.7 Å². The predicted molar refractivity (Wildman–Crippen MR) is 107 cm³/mol. The van der Waals surface area contributed by atoms with Gasteiger partial charge in [-0.3, -0.25) is 14.4 Å². The average Bonchev–Trinajstić information content (AvgIpc) is 2.93. The normalized spacial score (nSPS) is 17.8. The summed E-state index contributed by atoms with van der Waals surface area (Å²) in [6.07, 6.45) is -1.41. The number of hydrogen-bond acceptors (Lipinski definition) is 3. The van der Waals surface area contributed by atoms with Gasteiger partial charge in [0, 0.05) is 49.5 Å². The first-order valence-electron chi connectivity index (χ1n) is 10.8. The second-order valence-corrected chi connectivity index (χ2v) is 8.36. The van der Waals surface area contributed by atoms with Crippen LogP contribution in [0, 0.1) is 11.6 Å². The molecule has 1 saturated heterocycles. The van der Waals surface area contributed by atoms with Gasteiger partial charge in [0.1, 0.15) is 6.54 Å². The van der Waals surface area contributed by atoms with Crippen molar-refractivity contribution in [3.8, 4) is 0 Å². The number of amides is 1. The number of aromatic nitrogens is 2. The Morgan fingerprint density at radius 2 is 1.72 bits per heavy atom. The lowest BCUT2D eigenvalue weighted by Crippen LogP contribution is -2.49. The third-order valence-electron chi connectivity index (χ3n) is 6.21. The van der Waals surface area contributed by atoms with Crippen LogP contribution in [0.1, 0.15) is 41.8 Å². The fourth-order valence-corrected chi connectivity index (χ4v) is 4.50. The predicted octanol–water partition coefficient (Wildman–Crippen LogP) is 3.79. The van der Waals surface area contributed by atoms with Crippen LogP contribution >= 0.6 is 0 Å². The number of nitrogens with zero attached hydrogens (tertiary/aromatic N) is 4. The summed E-state index contributed by atoms with van der Waals surface area (Å²) in [5, 5.41) is 3.78. The Labute approximate surface area is 182 Å². The van der Waals surface area contributed by atoms with Crippen molar-refractivity contribution in [1.29, 1.82) is 0 Å². The molecule has 32 heavy (non-hydrogen) atoms. The number of alkyl halides is 3. The molecule has 1 aliphatic carbocycles. The standard InChI is InChI=1S/C22H25F5N4O/c23-17-7-4-5-15(20(17)24)13-29-9-11-30(12-10-29)19(32)14-31-18-8-3-1-2-6-16(18)21(28-31)22(25,26)27/h4-5,7H,1-3,6,8-14H2. The molecule has 4 rings (SSSR count). The van der Waals surface area contributed by atoms with E-state index in [0.29, 0.717) is 51.1 Å². The first-order valence-corrected chi connectivity index (χ1v) is 10.8. The largest absolute Gasteiger partial charge is 0.435 e. The number of rotatable bonds is 4. The van der Waals surface area contributed by atoms with E-state index in [1.807, 2.05) is 4.90 Å². The first kappa shape index (κ1) is 22.7. The van der Waals surface area contributed by atoms with E-state index in [-0.39, 0.29) is 30.1 Å². The molecule has 2 heterocycles. The van der Waals surface area contributed by atoms with Crippen LogP contribution in [-0.2, 0) is 36.9 Å². The maximum absolute atomic E-state index is 13.9. The molecule has 1 aliphatic heterocycles. The first-order chi connectivity index (χ1) is 15.2. The molecule has 1 amide bonds. The van der Waals surface area contributed by atoms with Gasteiger partial charge in [-0.25, -0.2) is 8.78 Å². The zero-order valence-corrected chi connectivity index (χ0v) is 17.6. The van der Waals surface area contributed by atoms with Gasteiger partial charge in [0.25, 0.3) is 0 Å². The van der Waals surface area contributed by atoms with E-state index in [0.717, 1.165) is 18.9 Å². The summed E-state index contributed by atoms with van der Waals surface area (Å²) < 4.78 is 68.9. The molecule has 1 aromatic heterocycles. The molecular formula is C22H25F5N4O. The van der Waals surface area contributed by atoms with Gasteiger partial charge in [0.2, 0.25) is 5.91 Å². The summed E-state index contributed by atoms with van der Waals surface area (Å²) in [5.41, 5.74) is 0.126. The monoisotopic (exact) mass is 456 g/mol. The Bertz CT molecular complexity index is 979. The van der Waals surface area contributed by atoms with Gasteiger partial charge in [-0.2, -0.15) is 18.3 Å². The second kappa shape index (κ2) is 9.17.